The molecule has 0 aliphatic heterocycles. The number of nitrogens with one attached hydrogen (secondary N) is 1. The highest BCUT2D eigenvalue weighted by Crippen LogP contribution is 2.40. The molecule has 1 heterocycles. The molecule has 1 fully saturated rings. The molecule has 0 bridgehead atoms. The van der Waals surface area contributed by atoms with E-state index in [1.807, 2.05) is 17.5 Å². The minimum Gasteiger partial charge on any atom is -0.393 e. The van der Waals surface area contributed by atoms with Gasteiger partial charge in [-0.2, -0.15) is 0 Å². The molecular weight excluding hydrogens is 324 g/mol. The van der Waals surface area contributed by atoms with Crippen LogP contribution in [0.15, 0.2) is 17.5 Å². The van der Waals surface area contributed by atoms with E-state index in [9.17, 15) is 18.7 Å². The summed E-state index contributed by atoms with van der Waals surface area (Å²) in [5.74, 6) is -4.18. The van der Waals surface area contributed by atoms with Gasteiger partial charge >= 0.3 is 0 Å². The number of hydrogen-bond donors (Lipinski definition) is 3. The van der Waals surface area contributed by atoms with Crippen LogP contribution in [-0.2, 0) is 11.2 Å². The summed E-state index contributed by atoms with van der Waals surface area (Å²) in [6.45, 7) is 0. The van der Waals surface area contributed by atoms with Gasteiger partial charge in [-0.25, -0.2) is 14.3 Å². The lowest BCUT2D eigenvalue weighted by Crippen LogP contribution is -2.38. The Balaban J connectivity index is 1.89. The normalized spacial score (nSPS) is 20.9. The van der Waals surface area contributed by atoms with E-state index in [4.69, 9.17) is 5.21 Å². The van der Waals surface area contributed by atoms with Crippen molar-refractivity contribution in [3.8, 4) is 0 Å². The summed E-state index contributed by atoms with van der Waals surface area (Å²) in [5.41, 5.74) is 1.61. The summed E-state index contributed by atoms with van der Waals surface area (Å²) < 4.78 is 26.5. The smallest absolute Gasteiger partial charge is 0.248 e. The van der Waals surface area contributed by atoms with Crippen LogP contribution in [0.3, 0.4) is 0 Å². The van der Waals surface area contributed by atoms with E-state index in [-0.39, 0.29) is 38.0 Å². The third-order valence-electron chi connectivity index (χ3n) is 4.44. The maximum absolute atomic E-state index is 13.3. The van der Waals surface area contributed by atoms with E-state index >= 15 is 0 Å². The average Bonchev–Trinajstić information content (AvgIpc) is 3.04. The van der Waals surface area contributed by atoms with Gasteiger partial charge in [0.1, 0.15) is 0 Å². The summed E-state index contributed by atoms with van der Waals surface area (Å²) in [4.78, 5) is 13.0. The Morgan fingerprint density at radius 2 is 2.17 bits per heavy atom. The number of hydrogen-bond acceptors (Lipinski definition) is 4. The highest BCUT2D eigenvalue weighted by atomic mass is 32.1. The van der Waals surface area contributed by atoms with Crippen LogP contribution in [0.2, 0.25) is 0 Å². The number of halogens is 2. The van der Waals surface area contributed by atoms with Crippen LogP contribution in [0.1, 0.15) is 37.0 Å². The number of alkyl halides is 2. The number of aliphatic hydroxyl groups excluding tert-OH is 1. The Morgan fingerprint density at radius 1 is 1.48 bits per heavy atom. The van der Waals surface area contributed by atoms with Crippen molar-refractivity contribution in [3.05, 3.63) is 28.8 Å². The third-order valence-corrected chi connectivity index (χ3v) is 5.34. The first-order chi connectivity index (χ1) is 10.9. The number of thiophene rings is 1. The largest absolute Gasteiger partial charge is 0.393 e. The molecule has 4 nitrogen and oxygen atoms in total. The zero-order valence-corrected chi connectivity index (χ0v) is 13.6. The topological polar surface area (TPSA) is 69.6 Å². The fourth-order valence-corrected chi connectivity index (χ4v) is 3.78. The van der Waals surface area contributed by atoms with Crippen LogP contribution < -0.4 is 5.48 Å². The molecule has 0 aromatic carbocycles. The van der Waals surface area contributed by atoms with Gasteiger partial charge < -0.3 is 5.11 Å². The Kier molecular flexibility index (Phi) is 6.50. The van der Waals surface area contributed by atoms with E-state index in [1.54, 1.807) is 23.2 Å². The zero-order valence-electron chi connectivity index (χ0n) is 12.8. The Hall–Kier alpha value is -1.05. The highest BCUT2D eigenvalue weighted by Gasteiger charge is 2.40. The molecule has 0 saturated heterocycles. The first-order valence-corrected chi connectivity index (χ1v) is 8.65. The highest BCUT2D eigenvalue weighted by molar-refractivity contribution is 7.09. The van der Waals surface area contributed by atoms with Gasteiger partial charge in [-0.15, -0.1) is 11.3 Å². The van der Waals surface area contributed by atoms with Crippen LogP contribution in [0, 0.1) is 18.3 Å². The van der Waals surface area contributed by atoms with E-state index < -0.39 is 23.9 Å². The summed E-state index contributed by atoms with van der Waals surface area (Å²) in [6.07, 6.45) is 1.57. The number of rotatable bonds is 7. The van der Waals surface area contributed by atoms with Crippen molar-refractivity contribution in [1.82, 2.24) is 5.48 Å². The van der Waals surface area contributed by atoms with Gasteiger partial charge in [-0.05, 0) is 49.5 Å². The molecule has 3 N–H and O–H groups in total. The van der Waals surface area contributed by atoms with Crippen LogP contribution in [0.4, 0.5) is 8.78 Å². The van der Waals surface area contributed by atoms with Crippen molar-refractivity contribution in [2.24, 2.45) is 11.8 Å². The SMILES string of the molecule is O=C(NO)C(CC(O)[CH]Cc1cccs1)C1CCC(F)(F)CC1. The summed E-state index contributed by atoms with van der Waals surface area (Å²) >= 11 is 1.58. The number of amides is 1. The molecule has 2 unspecified atom stereocenters. The van der Waals surface area contributed by atoms with E-state index in [0.717, 1.165) is 4.88 Å². The molecule has 1 aliphatic carbocycles. The molecule has 129 valence electrons. The van der Waals surface area contributed by atoms with E-state index in [0.29, 0.717) is 6.42 Å². The minimum atomic E-state index is -2.67. The van der Waals surface area contributed by atoms with Gasteiger partial charge in [-0.1, -0.05) is 6.07 Å². The maximum Gasteiger partial charge on any atom is 0.248 e. The predicted octanol–water partition coefficient (Wildman–Crippen LogP) is 3.19. The molecule has 1 amide bonds. The van der Waals surface area contributed by atoms with Crippen molar-refractivity contribution in [2.45, 2.75) is 50.6 Å². The van der Waals surface area contributed by atoms with Crippen molar-refractivity contribution < 1.29 is 23.9 Å². The van der Waals surface area contributed by atoms with Crippen LogP contribution in [0.25, 0.3) is 0 Å². The lowest BCUT2D eigenvalue weighted by atomic mass is 9.76. The molecule has 1 radical (unpaired) electrons. The standard InChI is InChI=1S/C16H22F2NO3S/c17-16(18)7-5-11(6-8-16)14(15(21)19-22)10-12(20)3-4-13-2-1-9-23-13/h1-3,9,11-12,14,20,22H,4-8,10H2,(H,19,21). The van der Waals surface area contributed by atoms with E-state index in [1.165, 1.54) is 0 Å². The Morgan fingerprint density at radius 3 is 2.74 bits per heavy atom. The molecule has 23 heavy (non-hydrogen) atoms. The predicted molar refractivity (Wildman–Crippen MR) is 83.3 cm³/mol. The molecule has 0 spiro atoms. The lowest BCUT2D eigenvalue weighted by Gasteiger charge is -2.33. The Labute approximate surface area is 138 Å². The van der Waals surface area contributed by atoms with Crippen LogP contribution in [-0.4, -0.2) is 28.2 Å². The van der Waals surface area contributed by atoms with Crippen LogP contribution in [0.5, 0.6) is 0 Å². The number of carbonyl (C=O) groups excluding carboxylic acids is 1. The first-order valence-electron chi connectivity index (χ1n) is 7.77. The van der Waals surface area contributed by atoms with E-state index in [2.05, 4.69) is 0 Å². The fraction of sp³-hybridized carbons (Fsp3) is 0.625. The van der Waals surface area contributed by atoms with Gasteiger partial charge in [0.25, 0.3) is 0 Å². The van der Waals surface area contributed by atoms with Gasteiger partial charge in [-0.3, -0.25) is 10.0 Å². The average molecular weight is 346 g/mol. The molecule has 1 aromatic heterocycles. The fourth-order valence-electron chi connectivity index (χ4n) is 3.10. The van der Waals surface area contributed by atoms with Crippen molar-refractivity contribution >= 4 is 17.2 Å². The monoisotopic (exact) mass is 346 g/mol. The Bertz CT molecular complexity index is 486. The van der Waals surface area contributed by atoms with Crippen molar-refractivity contribution in [2.75, 3.05) is 0 Å². The third kappa shape index (κ3) is 5.51. The second-order valence-electron chi connectivity index (χ2n) is 6.10. The molecule has 2 rings (SSSR count). The lowest BCUT2D eigenvalue weighted by molar-refractivity contribution is -0.138. The molecule has 1 saturated carbocycles. The summed E-state index contributed by atoms with van der Waals surface area (Å²) in [7, 11) is 0. The molecule has 7 heteroatoms. The number of carbonyl (C=O) groups is 1. The number of hydroxylamine groups is 1. The number of aliphatic hydroxyl groups is 1. The second-order valence-corrected chi connectivity index (χ2v) is 7.13. The quantitative estimate of drug-likeness (QED) is 0.524. The van der Waals surface area contributed by atoms with Crippen molar-refractivity contribution in [1.29, 1.82) is 0 Å². The molecular formula is C16H22F2NO3S. The first kappa shape index (κ1) is 18.3. The molecule has 1 aromatic rings. The van der Waals surface area contributed by atoms with Gasteiger partial charge in [0.05, 0.1) is 6.10 Å². The summed E-state index contributed by atoms with van der Waals surface area (Å²) in [6, 6.07) is 3.87. The molecule has 2 atom stereocenters. The molecule has 1 aliphatic rings. The van der Waals surface area contributed by atoms with Gasteiger partial charge in [0, 0.05) is 23.6 Å². The summed E-state index contributed by atoms with van der Waals surface area (Å²) in [5, 5.41) is 21.0. The second kappa shape index (κ2) is 8.17. The van der Waals surface area contributed by atoms with Gasteiger partial charge in [0.2, 0.25) is 11.8 Å². The maximum atomic E-state index is 13.3. The van der Waals surface area contributed by atoms with Gasteiger partial charge in [0.15, 0.2) is 0 Å². The minimum absolute atomic E-state index is 0.133. The van der Waals surface area contributed by atoms with Crippen molar-refractivity contribution in [3.63, 3.8) is 0 Å². The zero-order chi connectivity index (χ0) is 16.9. The van der Waals surface area contributed by atoms with Crippen LogP contribution >= 0.6 is 11.3 Å².